The highest BCUT2D eigenvalue weighted by molar-refractivity contribution is 7.98. The summed E-state index contributed by atoms with van der Waals surface area (Å²) in [5.41, 5.74) is 3.02. The quantitative estimate of drug-likeness (QED) is 0.259. The third-order valence-corrected chi connectivity index (χ3v) is 3.26. The molecular weight excluding hydrogens is 290 g/mol. The first-order valence-corrected chi connectivity index (χ1v) is 7.64. The van der Waals surface area contributed by atoms with Crippen molar-refractivity contribution in [1.82, 2.24) is 10.7 Å². The van der Waals surface area contributed by atoms with Gasteiger partial charge in [0.1, 0.15) is 0 Å². The fourth-order valence-corrected chi connectivity index (χ4v) is 1.81. The Morgan fingerprint density at radius 1 is 1.29 bits per heavy atom. The van der Waals surface area contributed by atoms with E-state index in [4.69, 9.17) is 4.74 Å². The van der Waals surface area contributed by atoms with Crippen LogP contribution < -0.4 is 10.7 Å². The zero-order valence-electron chi connectivity index (χ0n) is 12.1. The third-order valence-electron chi connectivity index (χ3n) is 2.51. The van der Waals surface area contributed by atoms with Crippen LogP contribution in [0.2, 0.25) is 0 Å². The van der Waals surface area contributed by atoms with Gasteiger partial charge in [0.2, 0.25) is 0 Å². The Morgan fingerprint density at radius 2 is 2.00 bits per heavy atom. The third kappa shape index (κ3) is 6.92. The second kappa shape index (κ2) is 9.95. The van der Waals surface area contributed by atoms with Crippen LogP contribution in [0, 0.1) is 0 Å². The van der Waals surface area contributed by atoms with Crippen LogP contribution in [0.15, 0.2) is 34.3 Å². The maximum absolute atomic E-state index is 11.4. The number of nitrogens with one attached hydrogen (secondary N) is 2. The van der Waals surface area contributed by atoms with Gasteiger partial charge in [0.25, 0.3) is 0 Å². The van der Waals surface area contributed by atoms with Crippen LogP contribution in [0.3, 0.4) is 0 Å². The topological polar surface area (TPSA) is 79.8 Å². The molecule has 0 saturated heterocycles. The van der Waals surface area contributed by atoms with Gasteiger partial charge in [-0.2, -0.15) is 5.10 Å². The maximum Gasteiger partial charge on any atom is 0.329 e. The lowest BCUT2D eigenvalue weighted by atomic mass is 10.2. The highest BCUT2D eigenvalue weighted by atomic mass is 32.2. The van der Waals surface area contributed by atoms with E-state index < -0.39 is 11.8 Å². The molecule has 0 aromatic heterocycles. The minimum Gasteiger partial charge on any atom is -0.385 e. The molecule has 114 valence electrons. The molecule has 0 heterocycles. The molecule has 0 saturated carbocycles. The molecule has 0 aliphatic heterocycles. The lowest BCUT2D eigenvalue weighted by molar-refractivity contribution is -0.139. The second-order valence-electron chi connectivity index (χ2n) is 4.07. The van der Waals surface area contributed by atoms with Gasteiger partial charge in [0, 0.05) is 25.2 Å². The molecule has 6 nitrogen and oxygen atoms in total. The minimum absolute atomic E-state index is 0.389. The van der Waals surface area contributed by atoms with Gasteiger partial charge in [-0.15, -0.1) is 11.8 Å². The molecular formula is C14H19N3O3S. The number of amides is 2. The Kier molecular flexibility index (Phi) is 8.15. The molecule has 0 spiro atoms. The van der Waals surface area contributed by atoms with Crippen molar-refractivity contribution in [2.45, 2.75) is 11.3 Å². The van der Waals surface area contributed by atoms with Crippen LogP contribution in [-0.4, -0.2) is 44.5 Å². The number of rotatable bonds is 7. The van der Waals surface area contributed by atoms with Gasteiger partial charge in [-0.3, -0.25) is 9.59 Å². The summed E-state index contributed by atoms with van der Waals surface area (Å²) in [4.78, 5) is 24.0. The SMILES string of the molecule is COCCCNC(=O)C(=O)N/N=C/c1ccc(SC)cc1. The van der Waals surface area contributed by atoms with E-state index in [1.807, 2.05) is 30.5 Å². The van der Waals surface area contributed by atoms with E-state index in [-0.39, 0.29) is 0 Å². The van der Waals surface area contributed by atoms with Crippen LogP contribution in [0.1, 0.15) is 12.0 Å². The van der Waals surface area contributed by atoms with Crippen molar-refractivity contribution < 1.29 is 14.3 Å². The summed E-state index contributed by atoms with van der Waals surface area (Å²) in [7, 11) is 1.58. The number of benzene rings is 1. The van der Waals surface area contributed by atoms with E-state index in [2.05, 4.69) is 15.8 Å². The molecule has 21 heavy (non-hydrogen) atoms. The van der Waals surface area contributed by atoms with Gasteiger partial charge < -0.3 is 10.1 Å². The number of carbonyl (C=O) groups excluding carboxylic acids is 2. The van der Waals surface area contributed by atoms with Crippen molar-refractivity contribution in [2.24, 2.45) is 5.10 Å². The number of hydrazone groups is 1. The van der Waals surface area contributed by atoms with Crippen LogP contribution in [0.4, 0.5) is 0 Å². The van der Waals surface area contributed by atoms with Crippen molar-refractivity contribution in [1.29, 1.82) is 0 Å². The molecule has 2 N–H and O–H groups in total. The predicted molar refractivity (Wildman–Crippen MR) is 83.5 cm³/mol. The van der Waals surface area contributed by atoms with Crippen molar-refractivity contribution in [2.75, 3.05) is 26.5 Å². The average Bonchev–Trinajstić information content (AvgIpc) is 2.52. The van der Waals surface area contributed by atoms with Crippen LogP contribution >= 0.6 is 11.8 Å². The van der Waals surface area contributed by atoms with Gasteiger partial charge in [0.05, 0.1) is 6.21 Å². The molecule has 7 heteroatoms. The van der Waals surface area contributed by atoms with Gasteiger partial charge in [0.15, 0.2) is 0 Å². The van der Waals surface area contributed by atoms with Crippen molar-refractivity contribution in [3.63, 3.8) is 0 Å². The largest absolute Gasteiger partial charge is 0.385 e. The highest BCUT2D eigenvalue weighted by Crippen LogP contribution is 2.13. The standard InChI is InChI=1S/C14H19N3O3S/c1-20-9-3-8-15-13(18)14(19)17-16-10-11-4-6-12(21-2)7-5-11/h4-7,10H,3,8-9H2,1-2H3,(H,15,18)(H,17,19)/b16-10+. The summed E-state index contributed by atoms with van der Waals surface area (Å²) in [6.45, 7) is 0.923. The van der Waals surface area contributed by atoms with Crippen molar-refractivity contribution >= 4 is 29.8 Å². The molecule has 1 aromatic carbocycles. The van der Waals surface area contributed by atoms with E-state index in [0.717, 1.165) is 10.5 Å². The van der Waals surface area contributed by atoms with Crippen molar-refractivity contribution in [3.8, 4) is 0 Å². The summed E-state index contributed by atoms with van der Waals surface area (Å²) in [6, 6.07) is 7.67. The molecule has 0 bridgehead atoms. The normalized spacial score (nSPS) is 10.6. The number of hydrogen-bond donors (Lipinski definition) is 2. The molecule has 0 fully saturated rings. The predicted octanol–water partition coefficient (Wildman–Crippen LogP) is 1.01. The number of methoxy groups -OCH3 is 1. The summed E-state index contributed by atoms with van der Waals surface area (Å²) in [5.74, 6) is -1.50. The fourth-order valence-electron chi connectivity index (χ4n) is 1.40. The smallest absolute Gasteiger partial charge is 0.329 e. The maximum atomic E-state index is 11.4. The number of hydrogen-bond acceptors (Lipinski definition) is 5. The van der Waals surface area contributed by atoms with E-state index >= 15 is 0 Å². The number of thioether (sulfide) groups is 1. The fraction of sp³-hybridized carbons (Fsp3) is 0.357. The molecule has 0 aliphatic rings. The first kappa shape index (κ1) is 17.2. The summed E-state index contributed by atoms with van der Waals surface area (Å²) >= 11 is 1.65. The number of carbonyl (C=O) groups is 2. The number of ether oxygens (including phenoxy) is 1. The monoisotopic (exact) mass is 309 g/mol. The van der Waals surface area contributed by atoms with Gasteiger partial charge >= 0.3 is 11.8 Å². The van der Waals surface area contributed by atoms with Gasteiger partial charge in [-0.1, -0.05) is 12.1 Å². The molecule has 1 aromatic rings. The molecule has 0 unspecified atom stereocenters. The highest BCUT2D eigenvalue weighted by Gasteiger charge is 2.10. The molecule has 0 atom stereocenters. The van der Waals surface area contributed by atoms with Gasteiger partial charge in [-0.25, -0.2) is 5.43 Å². The Morgan fingerprint density at radius 3 is 2.62 bits per heavy atom. The van der Waals surface area contributed by atoms with E-state index in [1.54, 1.807) is 18.9 Å². The van der Waals surface area contributed by atoms with Crippen LogP contribution in [-0.2, 0) is 14.3 Å². The summed E-state index contributed by atoms with van der Waals surface area (Å²) < 4.78 is 4.84. The molecule has 1 rings (SSSR count). The van der Waals surface area contributed by atoms with Crippen LogP contribution in [0.5, 0.6) is 0 Å². The Bertz CT molecular complexity index is 489. The average molecular weight is 309 g/mol. The summed E-state index contributed by atoms with van der Waals surface area (Å²) in [5, 5.41) is 6.22. The zero-order chi connectivity index (χ0) is 15.5. The molecule has 0 radical (unpaired) electrons. The molecule has 2 amide bonds. The molecule has 0 aliphatic carbocycles. The van der Waals surface area contributed by atoms with Gasteiger partial charge in [-0.05, 0) is 30.4 Å². The van der Waals surface area contributed by atoms with E-state index in [9.17, 15) is 9.59 Å². The minimum atomic E-state index is -0.788. The van der Waals surface area contributed by atoms with E-state index in [1.165, 1.54) is 6.21 Å². The van der Waals surface area contributed by atoms with Crippen LogP contribution in [0.25, 0.3) is 0 Å². The Hall–Kier alpha value is -1.86. The van der Waals surface area contributed by atoms with E-state index in [0.29, 0.717) is 19.6 Å². The Balaban J connectivity index is 2.33. The first-order chi connectivity index (χ1) is 10.2. The Labute approximate surface area is 128 Å². The number of nitrogens with zero attached hydrogens (tertiary/aromatic N) is 1. The summed E-state index contributed by atoms with van der Waals surface area (Å²) in [6.07, 6.45) is 4.13. The van der Waals surface area contributed by atoms with Crippen molar-refractivity contribution in [3.05, 3.63) is 29.8 Å². The zero-order valence-corrected chi connectivity index (χ0v) is 12.9. The lowest BCUT2D eigenvalue weighted by Gasteiger charge is -2.03. The first-order valence-electron chi connectivity index (χ1n) is 6.41. The second-order valence-corrected chi connectivity index (χ2v) is 4.95. The lowest BCUT2D eigenvalue weighted by Crippen LogP contribution is -2.38.